The Morgan fingerprint density at radius 3 is 2.08 bits per heavy atom. The van der Waals surface area contributed by atoms with Gasteiger partial charge in [0.15, 0.2) is 14.3 Å². The Hall–Kier alpha value is -2.72. The number of methoxy groups -OCH3 is 1. The molecule has 4 rings (SSSR count). The van der Waals surface area contributed by atoms with Crippen molar-refractivity contribution in [1.29, 1.82) is 0 Å². The number of halogens is 1. The molecule has 3 aromatic carbocycles. The number of fused-ring (bicyclic) bond motifs is 3. The molecule has 4 heteroatoms. The van der Waals surface area contributed by atoms with Crippen molar-refractivity contribution in [2.24, 2.45) is 0 Å². The zero-order chi connectivity index (χ0) is 16.7. The summed E-state index contributed by atoms with van der Waals surface area (Å²) >= 11 is 0. The van der Waals surface area contributed by atoms with Gasteiger partial charge in [0.1, 0.15) is 5.82 Å². The Morgan fingerprint density at radius 1 is 0.917 bits per heavy atom. The Labute approximate surface area is 141 Å². The second-order valence-electron chi connectivity index (χ2n) is 5.47. The number of hydrogen-bond acceptors (Lipinski definition) is 2. The molecule has 118 valence electrons. The Kier molecular flexibility index (Phi) is 3.54. The van der Waals surface area contributed by atoms with E-state index in [-0.39, 0.29) is 5.56 Å². The van der Waals surface area contributed by atoms with E-state index >= 15 is 0 Å². The van der Waals surface area contributed by atoms with Crippen LogP contribution in [0.2, 0.25) is 0 Å². The molecule has 4 aromatic rings. The summed E-state index contributed by atoms with van der Waals surface area (Å²) in [5.74, 6) is -0.956. The number of esters is 1. The van der Waals surface area contributed by atoms with Gasteiger partial charge < -0.3 is 4.74 Å². The molecule has 0 bridgehead atoms. The Bertz CT molecular complexity index is 1030. The fourth-order valence-electron chi connectivity index (χ4n) is 3.02. The first-order valence-corrected chi connectivity index (χ1v) is 8.73. The lowest BCUT2D eigenvalue weighted by Gasteiger charge is -2.00. The van der Waals surface area contributed by atoms with Crippen LogP contribution in [0, 0.1) is 5.82 Å². The van der Waals surface area contributed by atoms with Crippen molar-refractivity contribution in [3.63, 3.8) is 0 Å². The van der Waals surface area contributed by atoms with Gasteiger partial charge in [-0.05, 0) is 30.3 Å². The lowest BCUT2D eigenvalue weighted by Crippen LogP contribution is -2.01. The minimum atomic E-state index is -0.528. The highest BCUT2D eigenvalue weighted by Gasteiger charge is 2.25. The van der Waals surface area contributed by atoms with Crippen LogP contribution < -0.4 is 0 Å². The van der Waals surface area contributed by atoms with Crippen LogP contribution in [0.1, 0.15) is 10.4 Å². The van der Waals surface area contributed by atoms with Crippen molar-refractivity contribution in [3.8, 4) is 4.90 Å². The van der Waals surface area contributed by atoms with Gasteiger partial charge in [0, 0.05) is 33.4 Å². The molecule has 0 aliphatic carbocycles. The van der Waals surface area contributed by atoms with E-state index in [1.54, 1.807) is 6.07 Å². The van der Waals surface area contributed by atoms with E-state index in [9.17, 15) is 9.18 Å². The second kappa shape index (κ2) is 5.73. The summed E-state index contributed by atoms with van der Waals surface area (Å²) in [5, 5.41) is 2.33. The van der Waals surface area contributed by atoms with Crippen molar-refractivity contribution >= 4 is 36.6 Å². The summed E-state index contributed by atoms with van der Waals surface area (Å²) in [4.78, 5) is 12.6. The van der Waals surface area contributed by atoms with Gasteiger partial charge >= 0.3 is 5.97 Å². The predicted molar refractivity (Wildman–Crippen MR) is 96.6 cm³/mol. The highest BCUT2D eigenvalue weighted by atomic mass is 32.2. The average molecular weight is 337 g/mol. The van der Waals surface area contributed by atoms with E-state index in [2.05, 4.69) is 24.3 Å². The van der Waals surface area contributed by atoms with Crippen molar-refractivity contribution in [2.45, 2.75) is 0 Å². The van der Waals surface area contributed by atoms with Crippen molar-refractivity contribution in [3.05, 3.63) is 78.1 Å². The molecule has 0 saturated carbocycles. The molecule has 0 spiro atoms. The molecular formula is C20H14FO2S+. The third-order valence-electron chi connectivity index (χ3n) is 4.03. The van der Waals surface area contributed by atoms with Crippen molar-refractivity contribution in [2.75, 3.05) is 7.11 Å². The van der Waals surface area contributed by atoms with E-state index in [0.29, 0.717) is 0 Å². The van der Waals surface area contributed by atoms with Crippen LogP contribution in [-0.4, -0.2) is 13.1 Å². The summed E-state index contributed by atoms with van der Waals surface area (Å²) in [6.07, 6.45) is 0. The van der Waals surface area contributed by atoms with E-state index in [4.69, 9.17) is 4.74 Å². The molecule has 1 aromatic heterocycles. The Morgan fingerprint density at radius 2 is 1.50 bits per heavy atom. The number of thiophene rings is 1. The molecule has 0 N–H and O–H groups in total. The van der Waals surface area contributed by atoms with Gasteiger partial charge in [-0.3, -0.25) is 0 Å². The van der Waals surface area contributed by atoms with E-state index < -0.39 is 22.3 Å². The maximum atomic E-state index is 14.1. The minimum Gasteiger partial charge on any atom is -0.465 e. The van der Waals surface area contributed by atoms with Gasteiger partial charge in [0.2, 0.25) is 0 Å². The van der Waals surface area contributed by atoms with Crippen LogP contribution >= 0.6 is 10.5 Å². The maximum absolute atomic E-state index is 14.1. The molecule has 0 unspecified atom stereocenters. The number of carbonyl (C=O) groups is 1. The molecule has 0 amide bonds. The minimum absolute atomic E-state index is 0.238. The summed E-state index contributed by atoms with van der Waals surface area (Å²) in [6.45, 7) is 0. The zero-order valence-corrected chi connectivity index (χ0v) is 13.8. The van der Waals surface area contributed by atoms with Crippen molar-refractivity contribution < 1.29 is 13.9 Å². The number of rotatable bonds is 2. The van der Waals surface area contributed by atoms with Gasteiger partial charge in [-0.2, -0.15) is 0 Å². The fourth-order valence-corrected chi connectivity index (χ4v) is 5.47. The second-order valence-corrected chi connectivity index (χ2v) is 7.43. The molecule has 2 nitrogen and oxygen atoms in total. The Balaban J connectivity index is 2.09. The summed E-state index contributed by atoms with van der Waals surface area (Å²) in [6, 6.07) is 20.8. The number of hydrogen-bond donors (Lipinski definition) is 0. The van der Waals surface area contributed by atoms with Crippen LogP contribution in [0.3, 0.4) is 0 Å². The van der Waals surface area contributed by atoms with E-state index in [1.165, 1.54) is 30.0 Å². The molecule has 0 fully saturated rings. The fraction of sp³-hybridized carbons (Fsp3) is 0.0500. The quantitative estimate of drug-likeness (QED) is 0.349. The van der Waals surface area contributed by atoms with Crippen LogP contribution in [0.25, 0.3) is 25.1 Å². The van der Waals surface area contributed by atoms with Gasteiger partial charge in [-0.25, -0.2) is 9.18 Å². The third-order valence-corrected chi connectivity index (χ3v) is 6.33. The molecule has 24 heavy (non-hydrogen) atoms. The smallest absolute Gasteiger partial charge is 0.338 e. The first kappa shape index (κ1) is 14.8. The van der Waals surface area contributed by atoms with E-state index in [1.807, 2.05) is 24.3 Å². The molecule has 0 saturated heterocycles. The lowest BCUT2D eigenvalue weighted by molar-refractivity contribution is 0.0600. The van der Waals surface area contributed by atoms with Crippen LogP contribution in [-0.2, 0) is 4.74 Å². The molecule has 1 heterocycles. The zero-order valence-electron chi connectivity index (χ0n) is 13.0. The van der Waals surface area contributed by atoms with Gasteiger partial charge in [-0.15, -0.1) is 0 Å². The predicted octanol–water partition coefficient (Wildman–Crippen LogP) is 5.66. The van der Waals surface area contributed by atoms with Crippen LogP contribution in [0.5, 0.6) is 0 Å². The molecule has 0 aliphatic heterocycles. The molecule has 0 radical (unpaired) electrons. The number of benzene rings is 3. The normalized spacial score (nSPS) is 11.1. The number of ether oxygens (including phenoxy) is 1. The highest BCUT2D eigenvalue weighted by molar-refractivity contribution is 7.50. The van der Waals surface area contributed by atoms with Crippen LogP contribution in [0.15, 0.2) is 66.7 Å². The summed E-state index contributed by atoms with van der Waals surface area (Å²) in [5.41, 5.74) is 0.238. The first-order chi connectivity index (χ1) is 11.7. The topological polar surface area (TPSA) is 26.3 Å². The largest absolute Gasteiger partial charge is 0.465 e. The highest BCUT2D eigenvalue weighted by Crippen LogP contribution is 2.48. The monoisotopic (exact) mass is 337 g/mol. The SMILES string of the molecule is COC(=O)c1cc(F)cc(-[s+]2c3ccccc3c3ccccc32)c1. The maximum Gasteiger partial charge on any atom is 0.338 e. The average Bonchev–Trinajstić information content (AvgIpc) is 2.95. The summed E-state index contributed by atoms with van der Waals surface area (Å²) < 4.78 is 21.2. The van der Waals surface area contributed by atoms with Crippen molar-refractivity contribution in [1.82, 2.24) is 0 Å². The third kappa shape index (κ3) is 2.27. The van der Waals surface area contributed by atoms with Gasteiger partial charge in [0.05, 0.1) is 12.7 Å². The van der Waals surface area contributed by atoms with E-state index in [0.717, 1.165) is 14.3 Å². The summed E-state index contributed by atoms with van der Waals surface area (Å²) in [7, 11) is 0.874. The van der Waals surface area contributed by atoms with Gasteiger partial charge in [-0.1, -0.05) is 24.3 Å². The van der Waals surface area contributed by atoms with Gasteiger partial charge in [0.25, 0.3) is 0 Å². The molecule has 0 aliphatic rings. The standard InChI is InChI=1S/C20H14FO2S/c1-23-20(22)13-10-14(21)12-15(11-13)24-18-8-4-2-6-16(18)17-7-3-5-9-19(17)24/h2-12H,1H3/q+1. The molecular weight excluding hydrogens is 323 g/mol. The lowest BCUT2D eigenvalue weighted by atomic mass is 10.2. The number of carbonyl (C=O) groups excluding carboxylic acids is 1. The first-order valence-electron chi connectivity index (χ1n) is 7.50. The van der Waals surface area contributed by atoms with Crippen LogP contribution in [0.4, 0.5) is 4.39 Å². The molecule has 0 atom stereocenters.